The molecule has 2 rings (SSSR count). The molecule has 98 valence electrons. The summed E-state index contributed by atoms with van der Waals surface area (Å²) in [4.78, 5) is 6.75. The Morgan fingerprint density at radius 3 is 2.53 bits per heavy atom. The molecule has 4 nitrogen and oxygen atoms in total. The number of nitrogens with two attached hydrogens (primary N) is 1. The quantitative estimate of drug-likeness (QED) is 0.601. The van der Waals surface area contributed by atoms with Crippen molar-refractivity contribution in [2.75, 3.05) is 26.8 Å². The maximum absolute atomic E-state index is 6.06. The van der Waals surface area contributed by atoms with Gasteiger partial charge in [-0.25, -0.2) is 4.99 Å². The van der Waals surface area contributed by atoms with Crippen molar-refractivity contribution in [3.63, 3.8) is 0 Å². The summed E-state index contributed by atoms with van der Waals surface area (Å²) in [7, 11) is 2.06. The number of aliphatic imine (C=N–C) groups is 1. The van der Waals surface area contributed by atoms with Crippen molar-refractivity contribution in [1.29, 1.82) is 0 Å². The zero-order valence-electron chi connectivity index (χ0n) is 10.9. The highest BCUT2D eigenvalue weighted by Gasteiger charge is 2.18. The van der Waals surface area contributed by atoms with Gasteiger partial charge in [0.05, 0.1) is 6.04 Å². The van der Waals surface area contributed by atoms with Crippen molar-refractivity contribution in [2.45, 2.75) is 44.6 Å². The van der Waals surface area contributed by atoms with Gasteiger partial charge in [0.1, 0.15) is 0 Å². The third-order valence-corrected chi connectivity index (χ3v) is 3.90. The molecule has 1 saturated carbocycles. The molecule has 0 atom stereocenters. The van der Waals surface area contributed by atoms with Gasteiger partial charge in [0.25, 0.3) is 0 Å². The van der Waals surface area contributed by atoms with E-state index in [1.54, 1.807) is 0 Å². The lowest BCUT2D eigenvalue weighted by atomic mass is 10.00. The zero-order valence-corrected chi connectivity index (χ0v) is 10.9. The molecule has 0 aromatic carbocycles. The SMILES string of the molecule is CN(CC1CCOCC1)C(N)=NC1CCCC1. The van der Waals surface area contributed by atoms with Gasteiger partial charge in [-0.15, -0.1) is 0 Å². The highest BCUT2D eigenvalue weighted by atomic mass is 16.5. The van der Waals surface area contributed by atoms with Crippen molar-refractivity contribution < 1.29 is 4.74 Å². The lowest BCUT2D eigenvalue weighted by Crippen LogP contribution is -2.39. The molecule has 0 aromatic heterocycles. The van der Waals surface area contributed by atoms with Crippen LogP contribution in [0.15, 0.2) is 4.99 Å². The number of rotatable bonds is 3. The van der Waals surface area contributed by atoms with Crippen LogP contribution in [0.2, 0.25) is 0 Å². The van der Waals surface area contributed by atoms with Gasteiger partial charge < -0.3 is 15.4 Å². The Morgan fingerprint density at radius 2 is 1.88 bits per heavy atom. The van der Waals surface area contributed by atoms with Gasteiger partial charge in [-0.2, -0.15) is 0 Å². The number of ether oxygens (including phenoxy) is 1. The third-order valence-electron chi connectivity index (χ3n) is 3.90. The lowest BCUT2D eigenvalue weighted by molar-refractivity contribution is 0.0611. The van der Waals surface area contributed by atoms with Crippen LogP contribution in [0, 0.1) is 5.92 Å². The smallest absolute Gasteiger partial charge is 0.191 e. The minimum absolute atomic E-state index is 0.479. The van der Waals surface area contributed by atoms with Crippen molar-refractivity contribution in [2.24, 2.45) is 16.6 Å². The first-order valence-corrected chi connectivity index (χ1v) is 6.88. The van der Waals surface area contributed by atoms with E-state index in [9.17, 15) is 0 Å². The summed E-state index contributed by atoms with van der Waals surface area (Å²) in [6, 6.07) is 0.479. The molecule has 2 aliphatic rings. The third kappa shape index (κ3) is 3.87. The minimum Gasteiger partial charge on any atom is -0.381 e. The van der Waals surface area contributed by atoms with Gasteiger partial charge in [0, 0.05) is 26.8 Å². The second-order valence-electron chi connectivity index (χ2n) is 5.36. The van der Waals surface area contributed by atoms with Gasteiger partial charge in [-0.3, -0.25) is 0 Å². The van der Waals surface area contributed by atoms with E-state index in [1.807, 2.05) is 0 Å². The van der Waals surface area contributed by atoms with Gasteiger partial charge in [0.2, 0.25) is 0 Å². The first-order chi connectivity index (χ1) is 8.25. The van der Waals surface area contributed by atoms with E-state index in [4.69, 9.17) is 10.5 Å². The second kappa shape index (κ2) is 6.24. The van der Waals surface area contributed by atoms with Crippen LogP contribution in [0.5, 0.6) is 0 Å². The summed E-state index contributed by atoms with van der Waals surface area (Å²) in [6.45, 7) is 2.82. The molecule has 2 N–H and O–H groups in total. The number of guanidine groups is 1. The molecule has 0 radical (unpaired) electrons. The van der Waals surface area contributed by atoms with E-state index < -0.39 is 0 Å². The summed E-state index contributed by atoms with van der Waals surface area (Å²) in [5.74, 6) is 1.44. The molecule has 0 aromatic rings. The summed E-state index contributed by atoms with van der Waals surface area (Å²) in [5.41, 5.74) is 6.06. The van der Waals surface area contributed by atoms with Crippen molar-refractivity contribution in [3.8, 4) is 0 Å². The van der Waals surface area contributed by atoms with Crippen LogP contribution in [-0.4, -0.2) is 43.7 Å². The largest absolute Gasteiger partial charge is 0.381 e. The Balaban J connectivity index is 1.78. The molecule has 0 unspecified atom stereocenters. The molecular formula is C13H25N3O. The Bertz CT molecular complexity index is 255. The highest BCUT2D eigenvalue weighted by molar-refractivity contribution is 5.78. The molecule has 0 bridgehead atoms. The topological polar surface area (TPSA) is 50.9 Å². The Hall–Kier alpha value is -0.770. The first-order valence-electron chi connectivity index (χ1n) is 6.88. The molecule has 1 aliphatic heterocycles. The average molecular weight is 239 g/mol. The molecule has 2 fully saturated rings. The van der Waals surface area contributed by atoms with Gasteiger partial charge in [0.15, 0.2) is 5.96 Å². The van der Waals surface area contributed by atoms with E-state index in [0.717, 1.165) is 38.6 Å². The predicted octanol–water partition coefficient (Wildman–Crippen LogP) is 1.60. The van der Waals surface area contributed by atoms with E-state index in [-0.39, 0.29) is 0 Å². The summed E-state index contributed by atoms with van der Waals surface area (Å²) in [6.07, 6.45) is 7.36. The number of nitrogens with zero attached hydrogens (tertiary/aromatic N) is 2. The molecule has 1 saturated heterocycles. The maximum Gasteiger partial charge on any atom is 0.191 e. The molecule has 1 aliphatic carbocycles. The molecule has 4 heteroatoms. The Morgan fingerprint density at radius 1 is 1.24 bits per heavy atom. The van der Waals surface area contributed by atoms with Crippen LogP contribution < -0.4 is 5.73 Å². The fourth-order valence-corrected chi connectivity index (χ4v) is 2.73. The first kappa shape index (κ1) is 12.7. The van der Waals surface area contributed by atoms with Crippen LogP contribution in [0.1, 0.15) is 38.5 Å². The minimum atomic E-state index is 0.479. The fraction of sp³-hybridized carbons (Fsp3) is 0.923. The molecule has 17 heavy (non-hydrogen) atoms. The molecule has 0 spiro atoms. The van der Waals surface area contributed by atoms with Gasteiger partial charge in [-0.05, 0) is 31.6 Å². The Kier molecular flexibility index (Phi) is 4.66. The predicted molar refractivity (Wildman–Crippen MR) is 70.1 cm³/mol. The van der Waals surface area contributed by atoms with Crippen molar-refractivity contribution in [3.05, 3.63) is 0 Å². The average Bonchev–Trinajstić information content (AvgIpc) is 2.83. The lowest BCUT2D eigenvalue weighted by Gasteiger charge is -2.28. The van der Waals surface area contributed by atoms with Crippen LogP contribution in [0.4, 0.5) is 0 Å². The summed E-state index contributed by atoms with van der Waals surface area (Å²) >= 11 is 0. The fourth-order valence-electron chi connectivity index (χ4n) is 2.73. The van der Waals surface area contributed by atoms with Gasteiger partial charge in [-0.1, -0.05) is 12.8 Å². The van der Waals surface area contributed by atoms with E-state index in [2.05, 4.69) is 16.9 Å². The number of hydrogen-bond acceptors (Lipinski definition) is 2. The van der Waals surface area contributed by atoms with Crippen LogP contribution in [0.3, 0.4) is 0 Å². The summed E-state index contributed by atoms with van der Waals surface area (Å²) < 4.78 is 5.37. The maximum atomic E-state index is 6.06. The number of hydrogen-bond donors (Lipinski definition) is 1. The molecule has 0 amide bonds. The second-order valence-corrected chi connectivity index (χ2v) is 5.36. The van der Waals surface area contributed by atoms with E-state index in [1.165, 1.54) is 25.7 Å². The summed E-state index contributed by atoms with van der Waals surface area (Å²) in [5, 5.41) is 0. The van der Waals surface area contributed by atoms with Crippen molar-refractivity contribution >= 4 is 5.96 Å². The monoisotopic (exact) mass is 239 g/mol. The normalized spacial score (nSPS) is 24.2. The van der Waals surface area contributed by atoms with Crippen LogP contribution >= 0.6 is 0 Å². The standard InChI is InChI=1S/C13H25N3O/c1-16(10-11-6-8-17-9-7-11)13(14)15-12-4-2-3-5-12/h11-12H,2-10H2,1H3,(H2,14,15). The van der Waals surface area contributed by atoms with Crippen LogP contribution in [-0.2, 0) is 4.74 Å². The molecular weight excluding hydrogens is 214 g/mol. The van der Waals surface area contributed by atoms with Crippen molar-refractivity contribution in [1.82, 2.24) is 4.90 Å². The van der Waals surface area contributed by atoms with Gasteiger partial charge >= 0.3 is 0 Å². The van der Waals surface area contributed by atoms with E-state index >= 15 is 0 Å². The van der Waals surface area contributed by atoms with Crippen LogP contribution in [0.25, 0.3) is 0 Å². The zero-order chi connectivity index (χ0) is 12.1. The Labute approximate surface area is 104 Å². The molecule has 1 heterocycles. The highest BCUT2D eigenvalue weighted by Crippen LogP contribution is 2.21. The van der Waals surface area contributed by atoms with E-state index in [0.29, 0.717) is 12.0 Å².